The highest BCUT2D eigenvalue weighted by atomic mass is 16.6. The third-order valence-corrected chi connectivity index (χ3v) is 2.53. The van der Waals surface area contributed by atoms with Gasteiger partial charge in [0.15, 0.2) is 5.78 Å². The smallest absolute Gasteiger partial charge is 0.401 e. The molecule has 0 aliphatic carbocycles. The van der Waals surface area contributed by atoms with E-state index in [1.807, 2.05) is 0 Å². The number of nitro groups is 2. The van der Waals surface area contributed by atoms with Gasteiger partial charge in [-0.05, 0) is 18.2 Å². The van der Waals surface area contributed by atoms with Crippen LogP contribution in [0.25, 0.3) is 6.08 Å². The predicted molar refractivity (Wildman–Crippen MR) is 71.8 cm³/mol. The molecule has 2 rings (SSSR count). The summed E-state index contributed by atoms with van der Waals surface area (Å²) in [4.78, 5) is 31.6. The van der Waals surface area contributed by atoms with Gasteiger partial charge in [-0.15, -0.1) is 0 Å². The summed E-state index contributed by atoms with van der Waals surface area (Å²) in [7, 11) is 0. The van der Waals surface area contributed by atoms with Gasteiger partial charge in [0.05, 0.1) is 11.0 Å². The molecule has 0 aliphatic heterocycles. The number of nitro benzene ring substituents is 1. The SMILES string of the molecule is O=C(/C=C/c1ccc([N+](=O)[O-])o1)c1cccc([N+](=O)[O-])c1. The summed E-state index contributed by atoms with van der Waals surface area (Å²) in [5.74, 6) is -0.768. The van der Waals surface area contributed by atoms with Gasteiger partial charge in [0.25, 0.3) is 5.69 Å². The summed E-state index contributed by atoms with van der Waals surface area (Å²) in [6.07, 6.45) is 2.38. The number of carbonyl (C=O) groups is 1. The highest BCUT2D eigenvalue weighted by Gasteiger charge is 2.11. The quantitative estimate of drug-likeness (QED) is 0.361. The van der Waals surface area contributed by atoms with Crippen molar-refractivity contribution in [2.24, 2.45) is 0 Å². The summed E-state index contributed by atoms with van der Waals surface area (Å²) in [6, 6.07) is 7.77. The summed E-state index contributed by atoms with van der Waals surface area (Å²) in [5, 5.41) is 21.1. The number of hydrogen-bond donors (Lipinski definition) is 0. The standard InChI is InChI=1S/C13H8N2O6/c16-12(9-2-1-3-10(8-9)14(17)18)6-4-11-5-7-13(21-11)15(19)20/h1-8H/b6-4+. The molecule has 2 aromatic rings. The Hall–Kier alpha value is -3.29. The summed E-state index contributed by atoms with van der Waals surface area (Å²) in [6.45, 7) is 0. The minimum Gasteiger partial charge on any atom is -0.401 e. The molecule has 1 heterocycles. The molecule has 0 radical (unpaired) electrons. The molecule has 0 spiro atoms. The largest absolute Gasteiger partial charge is 0.433 e. The minimum atomic E-state index is -0.695. The van der Waals surface area contributed by atoms with Crippen molar-refractivity contribution in [1.29, 1.82) is 0 Å². The highest BCUT2D eigenvalue weighted by molar-refractivity contribution is 6.07. The number of rotatable bonds is 5. The van der Waals surface area contributed by atoms with Crippen molar-refractivity contribution >= 4 is 23.4 Å². The molecule has 0 bridgehead atoms. The topological polar surface area (TPSA) is 116 Å². The second-order valence-corrected chi connectivity index (χ2v) is 3.94. The van der Waals surface area contributed by atoms with Gasteiger partial charge in [0.1, 0.15) is 10.7 Å². The Morgan fingerprint density at radius 1 is 1.10 bits per heavy atom. The normalized spacial score (nSPS) is 10.7. The molecule has 1 aromatic heterocycles. The van der Waals surface area contributed by atoms with Crippen LogP contribution in [0.3, 0.4) is 0 Å². The summed E-state index contributed by atoms with van der Waals surface area (Å²) >= 11 is 0. The van der Waals surface area contributed by atoms with E-state index in [1.54, 1.807) is 0 Å². The van der Waals surface area contributed by atoms with Crippen molar-refractivity contribution in [3.05, 3.63) is 74.0 Å². The van der Waals surface area contributed by atoms with E-state index in [9.17, 15) is 25.0 Å². The van der Waals surface area contributed by atoms with Crippen molar-refractivity contribution in [3.8, 4) is 0 Å². The molecule has 0 atom stereocenters. The number of ketones is 1. The number of carbonyl (C=O) groups excluding carboxylic acids is 1. The lowest BCUT2D eigenvalue weighted by Crippen LogP contribution is -1.96. The molecule has 0 saturated heterocycles. The summed E-state index contributed by atoms with van der Waals surface area (Å²) in [5.41, 5.74) is -0.0515. The third kappa shape index (κ3) is 3.38. The van der Waals surface area contributed by atoms with Gasteiger partial charge in [-0.25, -0.2) is 0 Å². The Labute approximate surface area is 117 Å². The molecule has 0 fully saturated rings. The van der Waals surface area contributed by atoms with Gasteiger partial charge in [0.2, 0.25) is 0 Å². The van der Waals surface area contributed by atoms with Crippen molar-refractivity contribution in [3.63, 3.8) is 0 Å². The van der Waals surface area contributed by atoms with Gasteiger partial charge in [-0.1, -0.05) is 12.1 Å². The number of allylic oxidation sites excluding steroid dienone is 1. The predicted octanol–water partition coefficient (Wildman–Crippen LogP) is 2.99. The lowest BCUT2D eigenvalue weighted by molar-refractivity contribution is -0.402. The van der Waals surface area contributed by atoms with E-state index in [0.29, 0.717) is 0 Å². The van der Waals surface area contributed by atoms with Crippen molar-refractivity contribution in [1.82, 2.24) is 0 Å². The maximum absolute atomic E-state index is 11.8. The summed E-state index contributed by atoms with van der Waals surface area (Å²) < 4.78 is 4.85. The van der Waals surface area contributed by atoms with E-state index in [0.717, 1.165) is 18.2 Å². The Morgan fingerprint density at radius 3 is 2.48 bits per heavy atom. The first-order valence-electron chi connectivity index (χ1n) is 5.68. The van der Waals surface area contributed by atoms with Gasteiger partial charge in [0, 0.05) is 17.7 Å². The number of hydrogen-bond acceptors (Lipinski definition) is 6. The Balaban J connectivity index is 2.16. The zero-order chi connectivity index (χ0) is 15.4. The molecule has 106 valence electrons. The van der Waals surface area contributed by atoms with Gasteiger partial charge in [-0.2, -0.15) is 0 Å². The van der Waals surface area contributed by atoms with Crippen LogP contribution in [-0.4, -0.2) is 15.6 Å². The Kier molecular flexibility index (Phi) is 3.89. The molecule has 8 nitrogen and oxygen atoms in total. The van der Waals surface area contributed by atoms with Crippen LogP contribution in [0.5, 0.6) is 0 Å². The molecule has 8 heteroatoms. The van der Waals surface area contributed by atoms with E-state index in [-0.39, 0.29) is 17.0 Å². The lowest BCUT2D eigenvalue weighted by atomic mass is 10.1. The average molecular weight is 288 g/mol. The first-order valence-corrected chi connectivity index (χ1v) is 5.68. The van der Waals surface area contributed by atoms with E-state index >= 15 is 0 Å². The number of benzene rings is 1. The Bertz CT molecular complexity index is 747. The van der Waals surface area contributed by atoms with Crippen molar-refractivity contribution in [2.45, 2.75) is 0 Å². The van der Waals surface area contributed by atoms with E-state index in [2.05, 4.69) is 0 Å². The molecule has 0 amide bonds. The van der Waals surface area contributed by atoms with Crippen LogP contribution in [-0.2, 0) is 0 Å². The molecule has 0 unspecified atom stereocenters. The molecular weight excluding hydrogens is 280 g/mol. The van der Waals surface area contributed by atoms with Gasteiger partial charge in [-0.3, -0.25) is 25.0 Å². The van der Waals surface area contributed by atoms with Crippen molar-refractivity contribution < 1.29 is 19.1 Å². The first-order chi connectivity index (χ1) is 9.97. The number of nitrogens with zero attached hydrogens (tertiary/aromatic N) is 2. The van der Waals surface area contributed by atoms with Crippen LogP contribution in [0.1, 0.15) is 16.1 Å². The van der Waals surface area contributed by atoms with Crippen LogP contribution in [0.2, 0.25) is 0 Å². The maximum Gasteiger partial charge on any atom is 0.433 e. The fourth-order valence-electron chi connectivity index (χ4n) is 1.56. The van der Waals surface area contributed by atoms with Crippen LogP contribution in [0, 0.1) is 20.2 Å². The second kappa shape index (κ2) is 5.78. The fraction of sp³-hybridized carbons (Fsp3) is 0. The van der Waals surface area contributed by atoms with E-state index in [1.165, 1.54) is 30.3 Å². The molecule has 0 aliphatic rings. The monoisotopic (exact) mass is 288 g/mol. The van der Waals surface area contributed by atoms with Crippen LogP contribution in [0.15, 0.2) is 46.9 Å². The molecule has 1 aromatic carbocycles. The highest BCUT2D eigenvalue weighted by Crippen LogP contribution is 2.18. The Morgan fingerprint density at radius 2 is 1.86 bits per heavy atom. The first kappa shape index (κ1) is 14.1. The maximum atomic E-state index is 11.8. The number of furan rings is 1. The molecule has 0 N–H and O–H groups in total. The van der Waals surface area contributed by atoms with Crippen LogP contribution >= 0.6 is 0 Å². The fourth-order valence-corrected chi connectivity index (χ4v) is 1.56. The zero-order valence-corrected chi connectivity index (χ0v) is 10.5. The minimum absolute atomic E-state index is 0.139. The van der Waals surface area contributed by atoms with Gasteiger partial charge < -0.3 is 4.42 Å². The molecule has 0 saturated carbocycles. The van der Waals surface area contributed by atoms with Crippen LogP contribution in [0.4, 0.5) is 11.6 Å². The molecule has 21 heavy (non-hydrogen) atoms. The van der Waals surface area contributed by atoms with Crippen molar-refractivity contribution in [2.75, 3.05) is 0 Å². The third-order valence-electron chi connectivity index (χ3n) is 2.53. The van der Waals surface area contributed by atoms with E-state index in [4.69, 9.17) is 4.42 Å². The van der Waals surface area contributed by atoms with E-state index < -0.39 is 21.5 Å². The van der Waals surface area contributed by atoms with Gasteiger partial charge >= 0.3 is 5.88 Å². The zero-order valence-electron chi connectivity index (χ0n) is 10.5. The van der Waals surface area contributed by atoms with Crippen LogP contribution < -0.4 is 0 Å². The second-order valence-electron chi connectivity index (χ2n) is 3.94. The lowest BCUT2D eigenvalue weighted by Gasteiger charge is -1.95. The average Bonchev–Trinajstić information content (AvgIpc) is 2.94. The molecular formula is C13H8N2O6. The number of non-ortho nitro benzene ring substituents is 1.